The number of likely N-dealkylation sites (tertiary alicyclic amines) is 1. The molecule has 0 aromatic carbocycles. The number of hydrogen-bond acceptors (Lipinski definition) is 3. The molecule has 24 heavy (non-hydrogen) atoms. The lowest BCUT2D eigenvalue weighted by atomic mass is 9.95. The zero-order valence-electron chi connectivity index (χ0n) is 16.3. The molecular formula is C18H36N4O2. The topological polar surface area (TPSA) is 66.0 Å². The van der Waals surface area contributed by atoms with Gasteiger partial charge in [-0.2, -0.15) is 0 Å². The summed E-state index contributed by atoms with van der Waals surface area (Å²) in [6.07, 6.45) is 4.12. The molecule has 2 N–H and O–H groups in total. The van der Waals surface area contributed by atoms with Crippen LogP contribution >= 0.6 is 0 Å². The Balaban J connectivity index is 2.36. The summed E-state index contributed by atoms with van der Waals surface area (Å²) in [5.41, 5.74) is -0.431. The first-order chi connectivity index (χ1) is 11.2. The third-order valence-corrected chi connectivity index (χ3v) is 4.23. The first-order valence-corrected chi connectivity index (χ1v) is 9.20. The molecule has 1 fully saturated rings. The molecule has 1 heterocycles. The molecule has 1 rings (SSSR count). The number of amides is 1. The predicted molar refractivity (Wildman–Crippen MR) is 99.4 cm³/mol. The van der Waals surface area contributed by atoms with Gasteiger partial charge in [0.15, 0.2) is 5.96 Å². The van der Waals surface area contributed by atoms with Gasteiger partial charge < -0.3 is 20.3 Å². The smallest absolute Gasteiger partial charge is 0.410 e. The van der Waals surface area contributed by atoms with Crippen molar-refractivity contribution in [1.82, 2.24) is 15.5 Å². The average molecular weight is 341 g/mol. The lowest BCUT2D eigenvalue weighted by Crippen LogP contribution is -2.45. The Kier molecular flexibility index (Phi) is 8.36. The van der Waals surface area contributed by atoms with Crippen molar-refractivity contribution in [3.05, 3.63) is 0 Å². The van der Waals surface area contributed by atoms with Crippen molar-refractivity contribution < 1.29 is 9.53 Å². The number of rotatable bonds is 5. The largest absolute Gasteiger partial charge is 0.444 e. The van der Waals surface area contributed by atoms with Gasteiger partial charge in [0.25, 0.3) is 0 Å². The highest BCUT2D eigenvalue weighted by molar-refractivity contribution is 5.79. The van der Waals surface area contributed by atoms with Gasteiger partial charge in [0.2, 0.25) is 0 Å². The van der Waals surface area contributed by atoms with Crippen LogP contribution in [0.5, 0.6) is 0 Å². The van der Waals surface area contributed by atoms with Gasteiger partial charge >= 0.3 is 6.09 Å². The average Bonchev–Trinajstić information content (AvgIpc) is 2.52. The predicted octanol–water partition coefficient (Wildman–Crippen LogP) is 2.99. The molecule has 6 heteroatoms. The van der Waals surface area contributed by atoms with E-state index in [2.05, 4.69) is 29.5 Å². The van der Waals surface area contributed by atoms with Crippen molar-refractivity contribution >= 4 is 12.1 Å². The van der Waals surface area contributed by atoms with Crippen LogP contribution in [-0.4, -0.2) is 55.3 Å². The standard InChI is InChI=1S/C18H36N4O2/c1-7-14(2)21-16(19-6)20-11-10-15-9-8-12-22(13-15)17(23)24-18(3,4)5/h14-15H,7-13H2,1-6H3,(H2,19,20,21). The fourth-order valence-electron chi connectivity index (χ4n) is 2.72. The quantitative estimate of drug-likeness (QED) is 0.596. The molecule has 1 amide bonds. The lowest BCUT2D eigenvalue weighted by Gasteiger charge is -2.34. The zero-order valence-corrected chi connectivity index (χ0v) is 16.3. The van der Waals surface area contributed by atoms with E-state index in [-0.39, 0.29) is 6.09 Å². The molecule has 1 saturated heterocycles. The minimum absolute atomic E-state index is 0.186. The zero-order chi connectivity index (χ0) is 18.2. The van der Waals surface area contributed by atoms with E-state index in [0.29, 0.717) is 12.0 Å². The highest BCUT2D eigenvalue weighted by Gasteiger charge is 2.27. The Hall–Kier alpha value is -1.46. The van der Waals surface area contributed by atoms with Crippen LogP contribution in [0.15, 0.2) is 4.99 Å². The highest BCUT2D eigenvalue weighted by Crippen LogP contribution is 2.21. The number of guanidine groups is 1. The van der Waals surface area contributed by atoms with Crippen LogP contribution in [0.4, 0.5) is 4.79 Å². The van der Waals surface area contributed by atoms with E-state index in [4.69, 9.17) is 4.74 Å². The molecule has 0 aromatic rings. The molecule has 0 aromatic heterocycles. The number of hydrogen-bond donors (Lipinski definition) is 2. The van der Waals surface area contributed by atoms with Crippen LogP contribution in [0.25, 0.3) is 0 Å². The van der Waals surface area contributed by atoms with Crippen molar-refractivity contribution in [2.24, 2.45) is 10.9 Å². The molecule has 1 aliphatic rings. The number of carbonyl (C=O) groups is 1. The second kappa shape index (κ2) is 9.74. The summed E-state index contributed by atoms with van der Waals surface area (Å²) in [6, 6.07) is 0.411. The van der Waals surface area contributed by atoms with E-state index in [1.54, 1.807) is 7.05 Å². The fourth-order valence-corrected chi connectivity index (χ4v) is 2.72. The second-order valence-corrected chi connectivity index (χ2v) is 7.68. The van der Waals surface area contributed by atoms with Crippen LogP contribution in [0.2, 0.25) is 0 Å². The van der Waals surface area contributed by atoms with E-state index in [0.717, 1.165) is 44.9 Å². The number of ether oxygens (including phenoxy) is 1. The molecule has 0 radical (unpaired) electrons. The van der Waals surface area contributed by atoms with Crippen LogP contribution in [0.1, 0.15) is 60.3 Å². The molecule has 0 aliphatic carbocycles. The molecule has 140 valence electrons. The summed E-state index contributed by atoms with van der Waals surface area (Å²) >= 11 is 0. The Morgan fingerprint density at radius 1 is 1.42 bits per heavy atom. The van der Waals surface area contributed by atoms with Gasteiger partial charge in [0, 0.05) is 32.7 Å². The summed E-state index contributed by atoms with van der Waals surface area (Å²) in [6.45, 7) is 12.5. The molecule has 0 bridgehead atoms. The number of aliphatic imine (C=N–C) groups is 1. The van der Waals surface area contributed by atoms with Gasteiger partial charge in [-0.3, -0.25) is 4.99 Å². The van der Waals surface area contributed by atoms with Crippen LogP contribution in [0, 0.1) is 5.92 Å². The molecule has 2 atom stereocenters. The normalized spacial score (nSPS) is 20.5. The monoisotopic (exact) mass is 340 g/mol. The molecule has 1 aliphatic heterocycles. The van der Waals surface area contributed by atoms with Gasteiger partial charge in [-0.1, -0.05) is 6.92 Å². The molecule has 0 saturated carbocycles. The maximum atomic E-state index is 12.2. The van der Waals surface area contributed by atoms with Crippen LogP contribution in [-0.2, 0) is 4.74 Å². The number of nitrogens with zero attached hydrogens (tertiary/aromatic N) is 2. The first kappa shape index (κ1) is 20.6. The van der Waals surface area contributed by atoms with Gasteiger partial charge in [0.05, 0.1) is 0 Å². The summed E-state index contributed by atoms with van der Waals surface area (Å²) in [7, 11) is 1.79. The summed E-state index contributed by atoms with van der Waals surface area (Å²) in [5, 5.41) is 6.73. The van der Waals surface area contributed by atoms with Crippen molar-refractivity contribution in [3.8, 4) is 0 Å². The van der Waals surface area contributed by atoms with Gasteiger partial charge in [-0.05, 0) is 59.3 Å². The van der Waals surface area contributed by atoms with E-state index in [1.807, 2.05) is 25.7 Å². The molecular weight excluding hydrogens is 304 g/mol. The summed E-state index contributed by atoms with van der Waals surface area (Å²) in [5.74, 6) is 1.37. The van der Waals surface area contributed by atoms with Gasteiger partial charge in [0.1, 0.15) is 5.60 Å². The Labute approximate surface area is 147 Å². The number of piperidine rings is 1. The Bertz CT molecular complexity index is 418. The Morgan fingerprint density at radius 2 is 2.12 bits per heavy atom. The minimum Gasteiger partial charge on any atom is -0.444 e. The number of nitrogens with one attached hydrogen (secondary N) is 2. The van der Waals surface area contributed by atoms with E-state index >= 15 is 0 Å². The van der Waals surface area contributed by atoms with Crippen LogP contribution in [0.3, 0.4) is 0 Å². The summed E-state index contributed by atoms with van der Waals surface area (Å²) in [4.78, 5) is 18.3. The van der Waals surface area contributed by atoms with E-state index in [9.17, 15) is 4.79 Å². The van der Waals surface area contributed by atoms with Gasteiger partial charge in [-0.15, -0.1) is 0 Å². The van der Waals surface area contributed by atoms with Crippen molar-refractivity contribution in [1.29, 1.82) is 0 Å². The minimum atomic E-state index is -0.431. The fraction of sp³-hybridized carbons (Fsp3) is 0.889. The SMILES string of the molecule is CCC(C)NC(=NC)NCCC1CCCN(C(=O)OC(C)(C)C)C1. The third-order valence-electron chi connectivity index (χ3n) is 4.23. The molecule has 2 unspecified atom stereocenters. The Morgan fingerprint density at radius 3 is 2.71 bits per heavy atom. The van der Waals surface area contributed by atoms with Crippen molar-refractivity contribution in [2.45, 2.75) is 71.9 Å². The second-order valence-electron chi connectivity index (χ2n) is 7.68. The van der Waals surface area contributed by atoms with Gasteiger partial charge in [-0.25, -0.2) is 4.79 Å². The molecule has 0 spiro atoms. The lowest BCUT2D eigenvalue weighted by molar-refractivity contribution is 0.0162. The maximum Gasteiger partial charge on any atom is 0.410 e. The van der Waals surface area contributed by atoms with Crippen molar-refractivity contribution in [3.63, 3.8) is 0 Å². The van der Waals surface area contributed by atoms with Crippen molar-refractivity contribution in [2.75, 3.05) is 26.7 Å². The highest BCUT2D eigenvalue weighted by atomic mass is 16.6. The van der Waals surface area contributed by atoms with Crippen LogP contribution < -0.4 is 10.6 Å². The third kappa shape index (κ3) is 7.88. The summed E-state index contributed by atoms with van der Waals surface area (Å²) < 4.78 is 5.48. The molecule has 6 nitrogen and oxygen atoms in total. The van der Waals surface area contributed by atoms with E-state index in [1.165, 1.54) is 6.42 Å². The van der Waals surface area contributed by atoms with E-state index < -0.39 is 5.60 Å². The maximum absolute atomic E-state index is 12.2. The first-order valence-electron chi connectivity index (χ1n) is 9.20. The number of carbonyl (C=O) groups excluding carboxylic acids is 1.